The van der Waals surface area contributed by atoms with Crippen molar-refractivity contribution in [3.05, 3.63) is 35.1 Å². The molecular formula is C12H18FNO. The van der Waals surface area contributed by atoms with Gasteiger partial charge in [0, 0.05) is 12.7 Å². The third-order valence-corrected chi connectivity index (χ3v) is 2.76. The Labute approximate surface area is 90.2 Å². The van der Waals surface area contributed by atoms with Gasteiger partial charge in [-0.25, -0.2) is 4.39 Å². The lowest BCUT2D eigenvalue weighted by atomic mass is 9.91. The molecule has 0 saturated carbocycles. The smallest absolute Gasteiger partial charge is 0.128 e. The summed E-state index contributed by atoms with van der Waals surface area (Å²) in [6.07, 6.45) is 0. The minimum atomic E-state index is -0.575. The van der Waals surface area contributed by atoms with Crippen molar-refractivity contribution in [1.82, 2.24) is 0 Å². The van der Waals surface area contributed by atoms with Crippen LogP contribution >= 0.6 is 0 Å². The van der Waals surface area contributed by atoms with Gasteiger partial charge < -0.3 is 10.5 Å². The first kappa shape index (κ1) is 12.1. The number of benzene rings is 1. The van der Waals surface area contributed by atoms with Crippen LogP contribution in [0.5, 0.6) is 0 Å². The normalized spacial score (nSPS) is 14.0. The van der Waals surface area contributed by atoms with Crippen molar-refractivity contribution < 1.29 is 9.13 Å². The molecule has 3 heteroatoms. The van der Waals surface area contributed by atoms with Gasteiger partial charge >= 0.3 is 0 Å². The number of halogens is 1. The summed E-state index contributed by atoms with van der Waals surface area (Å²) in [4.78, 5) is 0. The van der Waals surface area contributed by atoms with Crippen LogP contribution in [0.3, 0.4) is 0 Å². The quantitative estimate of drug-likeness (QED) is 0.834. The number of nitrogens with two attached hydrogens (primary N) is 1. The summed E-state index contributed by atoms with van der Waals surface area (Å²) in [6, 6.07) is 4.46. The number of methoxy groups -OCH3 is 1. The summed E-state index contributed by atoms with van der Waals surface area (Å²) in [5, 5.41) is 0. The third kappa shape index (κ3) is 2.55. The minimum Gasteiger partial charge on any atom is -0.377 e. The molecule has 0 aromatic heterocycles. The zero-order valence-corrected chi connectivity index (χ0v) is 9.67. The number of hydrogen-bond acceptors (Lipinski definition) is 2. The van der Waals surface area contributed by atoms with Gasteiger partial charge in [-0.3, -0.25) is 0 Å². The van der Waals surface area contributed by atoms with Gasteiger partial charge in [0.05, 0.1) is 11.6 Å². The predicted octanol–water partition coefficient (Wildman–Crippen LogP) is 2.56. The summed E-state index contributed by atoms with van der Waals surface area (Å²) in [7, 11) is 1.58. The second kappa shape index (κ2) is 4.29. The van der Waals surface area contributed by atoms with E-state index >= 15 is 0 Å². The lowest BCUT2D eigenvalue weighted by Crippen LogP contribution is -2.37. The van der Waals surface area contributed by atoms with Crippen LogP contribution in [0.15, 0.2) is 18.2 Å². The summed E-state index contributed by atoms with van der Waals surface area (Å²) in [6.45, 7) is 5.61. The van der Waals surface area contributed by atoms with Gasteiger partial charge in [-0.05, 0) is 26.8 Å². The van der Waals surface area contributed by atoms with Gasteiger partial charge in [0.15, 0.2) is 0 Å². The lowest BCUT2D eigenvalue weighted by Gasteiger charge is -2.30. The van der Waals surface area contributed by atoms with Gasteiger partial charge in [0.2, 0.25) is 0 Å². The molecule has 0 aliphatic carbocycles. The Kier molecular flexibility index (Phi) is 3.47. The monoisotopic (exact) mass is 211 g/mol. The largest absolute Gasteiger partial charge is 0.377 e. The number of rotatable bonds is 3. The molecule has 84 valence electrons. The molecule has 0 spiro atoms. The van der Waals surface area contributed by atoms with E-state index in [1.54, 1.807) is 19.2 Å². The van der Waals surface area contributed by atoms with Gasteiger partial charge in [0.1, 0.15) is 5.82 Å². The van der Waals surface area contributed by atoms with Crippen LogP contribution < -0.4 is 5.73 Å². The lowest BCUT2D eigenvalue weighted by molar-refractivity contribution is -0.000903. The fourth-order valence-electron chi connectivity index (χ4n) is 1.40. The first-order valence-corrected chi connectivity index (χ1v) is 4.95. The molecule has 0 radical (unpaired) electrons. The van der Waals surface area contributed by atoms with E-state index in [0.29, 0.717) is 5.56 Å². The van der Waals surface area contributed by atoms with Crippen molar-refractivity contribution in [3.8, 4) is 0 Å². The van der Waals surface area contributed by atoms with Crippen LogP contribution in [-0.4, -0.2) is 12.7 Å². The number of hydrogen-bond donors (Lipinski definition) is 1. The first-order valence-electron chi connectivity index (χ1n) is 4.95. The van der Waals surface area contributed by atoms with Gasteiger partial charge in [-0.1, -0.05) is 17.7 Å². The molecule has 1 atom stereocenters. The van der Waals surface area contributed by atoms with E-state index < -0.39 is 11.6 Å². The molecule has 1 rings (SSSR count). The topological polar surface area (TPSA) is 35.2 Å². The SMILES string of the molecule is COC(C)(C)C(N)c1cc(C)ccc1F. The molecule has 0 saturated heterocycles. The van der Waals surface area contributed by atoms with Gasteiger partial charge in [-0.2, -0.15) is 0 Å². The molecule has 2 N–H and O–H groups in total. The molecule has 0 bridgehead atoms. The Bertz CT molecular complexity index is 349. The van der Waals surface area contributed by atoms with Crippen LogP contribution in [-0.2, 0) is 4.74 Å². The predicted molar refractivity (Wildman–Crippen MR) is 59.2 cm³/mol. The molecule has 0 aliphatic rings. The summed E-state index contributed by atoms with van der Waals surface area (Å²) < 4.78 is 18.8. The van der Waals surface area contributed by atoms with Crippen molar-refractivity contribution in [2.24, 2.45) is 5.73 Å². The van der Waals surface area contributed by atoms with Crippen LogP contribution in [0.1, 0.15) is 31.0 Å². The Morgan fingerprint density at radius 2 is 2.00 bits per heavy atom. The maximum Gasteiger partial charge on any atom is 0.128 e. The highest BCUT2D eigenvalue weighted by atomic mass is 19.1. The third-order valence-electron chi connectivity index (χ3n) is 2.76. The van der Waals surface area contributed by atoms with E-state index in [1.165, 1.54) is 6.07 Å². The highest BCUT2D eigenvalue weighted by molar-refractivity contribution is 5.28. The zero-order chi connectivity index (χ0) is 11.6. The Morgan fingerprint density at radius 1 is 1.40 bits per heavy atom. The fourth-order valence-corrected chi connectivity index (χ4v) is 1.40. The van der Waals surface area contributed by atoms with E-state index in [-0.39, 0.29) is 5.82 Å². The van der Waals surface area contributed by atoms with E-state index in [4.69, 9.17) is 10.5 Å². The second-order valence-corrected chi connectivity index (χ2v) is 4.31. The molecule has 0 heterocycles. The molecule has 0 fully saturated rings. The molecule has 1 aromatic rings. The van der Waals surface area contributed by atoms with E-state index in [1.807, 2.05) is 20.8 Å². The minimum absolute atomic E-state index is 0.279. The summed E-state index contributed by atoms with van der Waals surface area (Å²) in [5.41, 5.74) is 6.91. The average molecular weight is 211 g/mol. The average Bonchev–Trinajstić information content (AvgIpc) is 2.20. The Balaban J connectivity index is 3.10. The standard InChI is InChI=1S/C12H18FNO/c1-8-5-6-10(13)9(7-8)11(14)12(2,3)15-4/h5-7,11H,14H2,1-4H3. The van der Waals surface area contributed by atoms with E-state index in [0.717, 1.165) is 5.56 Å². The first-order chi connectivity index (χ1) is 6.88. The van der Waals surface area contributed by atoms with Gasteiger partial charge in [0.25, 0.3) is 0 Å². The highest BCUT2D eigenvalue weighted by Crippen LogP contribution is 2.28. The zero-order valence-electron chi connectivity index (χ0n) is 9.67. The highest BCUT2D eigenvalue weighted by Gasteiger charge is 2.29. The van der Waals surface area contributed by atoms with Crippen LogP contribution in [0.25, 0.3) is 0 Å². The molecule has 0 amide bonds. The second-order valence-electron chi connectivity index (χ2n) is 4.31. The van der Waals surface area contributed by atoms with Crippen molar-refractivity contribution in [2.45, 2.75) is 32.4 Å². The van der Waals surface area contributed by atoms with Crippen molar-refractivity contribution in [3.63, 3.8) is 0 Å². The summed E-state index contributed by atoms with van der Waals surface area (Å²) >= 11 is 0. The van der Waals surface area contributed by atoms with Crippen LogP contribution in [0, 0.1) is 12.7 Å². The maximum absolute atomic E-state index is 13.6. The fraction of sp³-hybridized carbons (Fsp3) is 0.500. The Hall–Kier alpha value is -0.930. The summed E-state index contributed by atoms with van der Waals surface area (Å²) in [5.74, 6) is -0.279. The number of aryl methyl sites for hydroxylation is 1. The van der Waals surface area contributed by atoms with Gasteiger partial charge in [-0.15, -0.1) is 0 Å². The van der Waals surface area contributed by atoms with Crippen LogP contribution in [0.2, 0.25) is 0 Å². The number of ether oxygens (including phenoxy) is 1. The van der Waals surface area contributed by atoms with Crippen molar-refractivity contribution in [1.29, 1.82) is 0 Å². The maximum atomic E-state index is 13.6. The molecule has 2 nitrogen and oxygen atoms in total. The molecule has 1 unspecified atom stereocenters. The molecular weight excluding hydrogens is 193 g/mol. The van der Waals surface area contributed by atoms with Crippen molar-refractivity contribution in [2.75, 3.05) is 7.11 Å². The van der Waals surface area contributed by atoms with Crippen molar-refractivity contribution >= 4 is 0 Å². The molecule has 0 aliphatic heterocycles. The Morgan fingerprint density at radius 3 is 2.53 bits per heavy atom. The molecule has 15 heavy (non-hydrogen) atoms. The van der Waals surface area contributed by atoms with E-state index in [2.05, 4.69) is 0 Å². The van der Waals surface area contributed by atoms with E-state index in [9.17, 15) is 4.39 Å². The van der Waals surface area contributed by atoms with Crippen LogP contribution in [0.4, 0.5) is 4.39 Å². The molecule has 1 aromatic carbocycles.